The maximum absolute atomic E-state index is 13.0. The Labute approximate surface area is 159 Å². The second kappa shape index (κ2) is 11.4. The molecule has 2 rings (SSSR count). The highest BCUT2D eigenvalue weighted by Crippen LogP contribution is 2.32. The van der Waals surface area contributed by atoms with Crippen LogP contribution in [0.25, 0.3) is 0 Å². The number of fused-ring (bicyclic) bond motifs is 1. The Hall–Kier alpha value is -2.30. The van der Waals surface area contributed by atoms with E-state index in [9.17, 15) is 18.0 Å². The van der Waals surface area contributed by atoms with Crippen LogP contribution in [-0.2, 0) is 0 Å². The first-order valence-electron chi connectivity index (χ1n) is 9.21. The van der Waals surface area contributed by atoms with Crippen LogP contribution in [0.1, 0.15) is 56.8 Å². The number of hydrogen-bond donors (Lipinski definition) is 0. The maximum atomic E-state index is 13.0. The van der Waals surface area contributed by atoms with E-state index < -0.39 is 12.6 Å². The molecule has 0 saturated carbocycles. The lowest BCUT2D eigenvalue weighted by Gasteiger charge is -2.16. The molecule has 27 heavy (non-hydrogen) atoms. The Morgan fingerprint density at radius 2 is 1.85 bits per heavy atom. The first kappa shape index (κ1) is 22.7. The highest BCUT2D eigenvalue weighted by atomic mass is 19.4. The zero-order chi connectivity index (χ0) is 20.3. The third kappa shape index (κ3) is 7.85. The Bertz CT molecular complexity index is 698. The number of Topliss-reactive ketones (excluding diaryl/α,β-unsaturated/α-hetero) is 1. The van der Waals surface area contributed by atoms with Crippen molar-refractivity contribution in [2.24, 2.45) is 0 Å². The number of halogens is 3. The van der Waals surface area contributed by atoms with Gasteiger partial charge in [0.2, 0.25) is 0 Å². The minimum atomic E-state index is -4.30. The second-order valence-electron chi connectivity index (χ2n) is 5.84. The molecule has 0 bridgehead atoms. The number of ether oxygens (including phenoxy) is 1. The molecule has 0 spiro atoms. The Kier molecular flexibility index (Phi) is 9.62. The maximum Gasteiger partial charge on any atom is 0.392 e. The minimum absolute atomic E-state index is 0.0696. The molecule has 0 amide bonds. The van der Waals surface area contributed by atoms with Crippen LogP contribution in [-0.4, -0.2) is 18.6 Å². The van der Waals surface area contributed by atoms with Crippen LogP contribution in [0.2, 0.25) is 0 Å². The fourth-order valence-electron chi connectivity index (χ4n) is 2.78. The zero-order valence-corrected chi connectivity index (χ0v) is 16.1. The summed E-state index contributed by atoms with van der Waals surface area (Å²) in [5.74, 6) is 0.211. The number of carbonyl (C=O) groups is 1. The van der Waals surface area contributed by atoms with Crippen LogP contribution in [0.15, 0.2) is 59.7 Å². The summed E-state index contributed by atoms with van der Waals surface area (Å²) in [5.41, 5.74) is 1.10. The van der Waals surface area contributed by atoms with Gasteiger partial charge in [0.05, 0.1) is 12.0 Å². The molecule has 148 valence electrons. The molecule has 1 heterocycles. The summed E-state index contributed by atoms with van der Waals surface area (Å²) in [6.07, 6.45) is 2.25. The molecule has 0 saturated heterocycles. The molecule has 0 fully saturated rings. The standard InChI is InChI=1S/C20H21F3O2.C2H6/c1-2-8-15-13-18(24)17-10-5-6-11-19(17)25-12-7-3-4-9-16(15)14-20(21,22)23;1-2/h2-3,5-8,10-11H,4,9,12-14H2,1H3;1-2H3/b7-3-,8-2-,16-15+;. The summed E-state index contributed by atoms with van der Waals surface area (Å²) in [6, 6.07) is 6.82. The van der Waals surface area contributed by atoms with Crippen molar-refractivity contribution < 1.29 is 22.7 Å². The van der Waals surface area contributed by atoms with Crippen molar-refractivity contribution in [1.29, 1.82) is 0 Å². The number of rotatable bonds is 2. The molecular weight excluding hydrogens is 353 g/mol. The lowest BCUT2D eigenvalue weighted by Crippen LogP contribution is -2.12. The van der Waals surface area contributed by atoms with Gasteiger partial charge in [0.1, 0.15) is 12.4 Å². The van der Waals surface area contributed by atoms with Crippen molar-refractivity contribution in [1.82, 2.24) is 0 Å². The fraction of sp³-hybridized carbons (Fsp3) is 0.409. The smallest absolute Gasteiger partial charge is 0.392 e. The lowest BCUT2D eigenvalue weighted by atomic mass is 9.93. The van der Waals surface area contributed by atoms with Gasteiger partial charge >= 0.3 is 6.18 Å². The van der Waals surface area contributed by atoms with E-state index in [2.05, 4.69) is 0 Å². The Morgan fingerprint density at radius 1 is 1.15 bits per heavy atom. The van der Waals surface area contributed by atoms with Crippen molar-refractivity contribution in [2.75, 3.05) is 6.61 Å². The van der Waals surface area contributed by atoms with E-state index in [4.69, 9.17) is 4.74 Å². The number of carbonyl (C=O) groups excluding carboxylic acids is 1. The highest BCUT2D eigenvalue weighted by Gasteiger charge is 2.30. The molecule has 0 unspecified atom stereocenters. The van der Waals surface area contributed by atoms with Crippen molar-refractivity contribution in [3.63, 3.8) is 0 Å². The quantitative estimate of drug-likeness (QED) is 0.525. The monoisotopic (exact) mass is 380 g/mol. The topological polar surface area (TPSA) is 26.3 Å². The molecule has 1 aromatic rings. The van der Waals surface area contributed by atoms with E-state index in [0.717, 1.165) is 0 Å². The van der Waals surface area contributed by atoms with Crippen LogP contribution in [0.5, 0.6) is 5.75 Å². The van der Waals surface area contributed by atoms with Crippen LogP contribution < -0.4 is 4.74 Å². The third-order valence-electron chi connectivity index (χ3n) is 3.89. The number of hydrogen-bond acceptors (Lipinski definition) is 2. The van der Waals surface area contributed by atoms with Gasteiger partial charge in [0.25, 0.3) is 0 Å². The Balaban J connectivity index is 0.00000176. The molecule has 0 radical (unpaired) electrons. The Morgan fingerprint density at radius 3 is 2.52 bits per heavy atom. The summed E-state index contributed by atoms with van der Waals surface area (Å²) in [5, 5.41) is 0. The van der Waals surface area contributed by atoms with E-state index in [1.807, 2.05) is 19.9 Å². The molecule has 2 nitrogen and oxygen atoms in total. The summed E-state index contributed by atoms with van der Waals surface area (Å²) in [6.45, 7) is 6.01. The van der Waals surface area contributed by atoms with Crippen LogP contribution in [0, 0.1) is 0 Å². The predicted octanol–water partition coefficient (Wildman–Crippen LogP) is 6.84. The van der Waals surface area contributed by atoms with E-state index >= 15 is 0 Å². The van der Waals surface area contributed by atoms with E-state index in [1.54, 1.807) is 49.4 Å². The van der Waals surface area contributed by atoms with Crippen LogP contribution >= 0.6 is 0 Å². The molecule has 1 aliphatic rings. The first-order chi connectivity index (χ1) is 12.9. The fourth-order valence-corrected chi connectivity index (χ4v) is 2.78. The van der Waals surface area contributed by atoms with Gasteiger partial charge in [-0.3, -0.25) is 4.79 Å². The number of ketones is 1. The van der Waals surface area contributed by atoms with Gasteiger partial charge in [-0.05, 0) is 37.5 Å². The first-order valence-corrected chi connectivity index (χ1v) is 9.21. The molecule has 0 aliphatic carbocycles. The van der Waals surface area contributed by atoms with Gasteiger partial charge in [-0.2, -0.15) is 13.2 Å². The predicted molar refractivity (Wildman–Crippen MR) is 103 cm³/mol. The van der Waals surface area contributed by atoms with Crippen LogP contribution in [0.3, 0.4) is 0 Å². The largest absolute Gasteiger partial charge is 0.489 e. The second-order valence-corrected chi connectivity index (χ2v) is 5.84. The number of benzene rings is 1. The summed E-state index contributed by atoms with van der Waals surface area (Å²) in [7, 11) is 0. The van der Waals surface area contributed by atoms with E-state index in [1.165, 1.54) is 0 Å². The van der Waals surface area contributed by atoms with Gasteiger partial charge in [0.15, 0.2) is 5.78 Å². The zero-order valence-electron chi connectivity index (χ0n) is 16.1. The minimum Gasteiger partial charge on any atom is -0.489 e. The SMILES string of the molecule is C/C=C\C1=C(/CC(F)(F)F)CC/C=C\COc2ccccc2C(=O)C1.CC. The van der Waals surface area contributed by atoms with Crippen molar-refractivity contribution in [3.05, 3.63) is 65.3 Å². The van der Waals surface area contributed by atoms with Crippen molar-refractivity contribution in [3.8, 4) is 5.75 Å². The summed E-state index contributed by atoms with van der Waals surface area (Å²) in [4.78, 5) is 12.7. The summed E-state index contributed by atoms with van der Waals surface area (Å²) < 4.78 is 44.5. The molecule has 1 aliphatic heterocycles. The van der Waals surface area contributed by atoms with E-state index in [-0.39, 0.29) is 30.8 Å². The van der Waals surface area contributed by atoms with Gasteiger partial charge in [-0.1, -0.05) is 55.9 Å². The van der Waals surface area contributed by atoms with Gasteiger partial charge in [-0.25, -0.2) is 0 Å². The average Bonchev–Trinajstić information content (AvgIpc) is 2.63. The van der Waals surface area contributed by atoms with E-state index in [0.29, 0.717) is 23.3 Å². The van der Waals surface area contributed by atoms with Gasteiger partial charge in [-0.15, -0.1) is 0 Å². The number of para-hydroxylation sites is 1. The van der Waals surface area contributed by atoms with Crippen molar-refractivity contribution >= 4 is 5.78 Å². The van der Waals surface area contributed by atoms with Crippen molar-refractivity contribution in [2.45, 2.75) is 52.6 Å². The molecule has 5 heteroatoms. The number of alkyl halides is 3. The summed E-state index contributed by atoms with van der Waals surface area (Å²) >= 11 is 0. The molecule has 0 N–H and O–H groups in total. The molecule has 0 atom stereocenters. The van der Waals surface area contributed by atoms with Gasteiger partial charge in [0, 0.05) is 6.42 Å². The molecule has 1 aromatic carbocycles. The number of allylic oxidation sites excluding steroid dienone is 5. The van der Waals surface area contributed by atoms with Gasteiger partial charge < -0.3 is 4.74 Å². The lowest BCUT2D eigenvalue weighted by molar-refractivity contribution is -0.127. The van der Waals surface area contributed by atoms with Crippen LogP contribution in [0.4, 0.5) is 13.2 Å². The molecular formula is C22H27F3O2. The average molecular weight is 380 g/mol. The highest BCUT2D eigenvalue weighted by molar-refractivity contribution is 6.00. The normalized spacial score (nSPS) is 19.9. The third-order valence-corrected chi connectivity index (χ3v) is 3.89. The molecule has 0 aromatic heterocycles.